The van der Waals surface area contributed by atoms with Gasteiger partial charge < -0.3 is 4.90 Å². The molecule has 0 bridgehead atoms. The maximum Gasteiger partial charge on any atom is 0.227 e. The number of amides is 1. The van der Waals surface area contributed by atoms with Gasteiger partial charge in [0, 0.05) is 25.4 Å². The van der Waals surface area contributed by atoms with Crippen LogP contribution in [0, 0.1) is 0 Å². The molecule has 3 rings (SSSR count). The summed E-state index contributed by atoms with van der Waals surface area (Å²) >= 11 is 0. The van der Waals surface area contributed by atoms with Crippen LogP contribution < -0.4 is 4.90 Å². The molecule has 1 heterocycles. The normalized spacial score (nSPS) is 10.5. The van der Waals surface area contributed by atoms with Crippen LogP contribution in [0.4, 0.5) is 5.69 Å². The van der Waals surface area contributed by atoms with Crippen molar-refractivity contribution >= 4 is 11.6 Å². The molecule has 0 aliphatic heterocycles. The molecule has 2 aromatic carbocycles. The lowest BCUT2D eigenvalue weighted by molar-refractivity contribution is -0.118. The predicted octanol–water partition coefficient (Wildman–Crippen LogP) is 3.47. The Kier molecular flexibility index (Phi) is 4.52. The Balaban J connectivity index is 1.61. The second-order valence-corrected chi connectivity index (χ2v) is 5.42. The topological polar surface area (TPSA) is 38.1 Å². The molecule has 0 N–H and O–H groups in total. The van der Waals surface area contributed by atoms with Crippen LogP contribution in [0.25, 0.3) is 5.69 Å². The van der Waals surface area contributed by atoms with Crippen LogP contribution in [0.2, 0.25) is 0 Å². The summed E-state index contributed by atoms with van der Waals surface area (Å²) in [6.45, 7) is 0. The number of anilines is 1. The van der Waals surface area contributed by atoms with Crippen LogP contribution in [-0.2, 0) is 11.2 Å². The van der Waals surface area contributed by atoms with Crippen LogP contribution in [0.1, 0.15) is 12.0 Å². The van der Waals surface area contributed by atoms with Crippen LogP contribution in [0.15, 0.2) is 73.1 Å². The van der Waals surface area contributed by atoms with E-state index in [1.807, 2.05) is 84.8 Å². The van der Waals surface area contributed by atoms with Gasteiger partial charge in [0.05, 0.1) is 11.9 Å². The van der Waals surface area contributed by atoms with Gasteiger partial charge in [-0.15, -0.1) is 0 Å². The first-order valence-electron chi connectivity index (χ1n) is 7.64. The summed E-state index contributed by atoms with van der Waals surface area (Å²) in [4.78, 5) is 14.0. The molecule has 0 aliphatic rings. The number of aryl methyl sites for hydroxylation is 1. The highest BCUT2D eigenvalue weighted by Gasteiger charge is 2.11. The quantitative estimate of drug-likeness (QED) is 0.724. The number of carbonyl (C=O) groups is 1. The second kappa shape index (κ2) is 6.92. The average molecular weight is 305 g/mol. The van der Waals surface area contributed by atoms with Gasteiger partial charge in [0.25, 0.3) is 0 Å². The van der Waals surface area contributed by atoms with E-state index in [-0.39, 0.29) is 5.91 Å². The van der Waals surface area contributed by atoms with Crippen molar-refractivity contribution in [2.45, 2.75) is 12.8 Å². The first-order chi connectivity index (χ1) is 11.2. The number of para-hydroxylation sites is 2. The fourth-order valence-corrected chi connectivity index (χ4v) is 2.43. The first-order valence-corrected chi connectivity index (χ1v) is 7.64. The number of benzene rings is 2. The molecule has 1 aromatic heterocycles. The van der Waals surface area contributed by atoms with Crippen molar-refractivity contribution in [1.82, 2.24) is 9.78 Å². The third-order valence-corrected chi connectivity index (χ3v) is 3.80. The molecule has 0 radical (unpaired) electrons. The Hall–Kier alpha value is -2.88. The van der Waals surface area contributed by atoms with E-state index in [1.54, 1.807) is 4.90 Å². The van der Waals surface area contributed by atoms with Crippen molar-refractivity contribution in [2.24, 2.45) is 0 Å². The van der Waals surface area contributed by atoms with E-state index in [1.165, 1.54) is 0 Å². The summed E-state index contributed by atoms with van der Waals surface area (Å²) in [5.74, 6) is 0.101. The van der Waals surface area contributed by atoms with E-state index < -0.39 is 0 Å². The van der Waals surface area contributed by atoms with Crippen LogP contribution >= 0.6 is 0 Å². The van der Waals surface area contributed by atoms with E-state index in [4.69, 9.17) is 0 Å². The minimum Gasteiger partial charge on any atom is -0.315 e. The first kappa shape index (κ1) is 15.0. The number of aromatic nitrogens is 2. The Labute approximate surface area is 136 Å². The van der Waals surface area contributed by atoms with Gasteiger partial charge in [-0.3, -0.25) is 4.79 Å². The van der Waals surface area contributed by atoms with Gasteiger partial charge in [0.2, 0.25) is 5.91 Å². The fraction of sp³-hybridized carbons (Fsp3) is 0.158. The zero-order chi connectivity index (χ0) is 16.1. The molecule has 23 heavy (non-hydrogen) atoms. The highest BCUT2D eigenvalue weighted by molar-refractivity contribution is 5.92. The van der Waals surface area contributed by atoms with Gasteiger partial charge in [0.1, 0.15) is 0 Å². The van der Waals surface area contributed by atoms with Gasteiger partial charge >= 0.3 is 0 Å². The lowest BCUT2D eigenvalue weighted by Gasteiger charge is -2.16. The largest absolute Gasteiger partial charge is 0.315 e. The van der Waals surface area contributed by atoms with Crippen molar-refractivity contribution in [2.75, 3.05) is 11.9 Å². The molecule has 0 unspecified atom stereocenters. The van der Waals surface area contributed by atoms with E-state index in [0.29, 0.717) is 12.8 Å². The Bertz CT molecular complexity index is 766. The monoisotopic (exact) mass is 305 g/mol. The molecular weight excluding hydrogens is 286 g/mol. The van der Waals surface area contributed by atoms with E-state index in [2.05, 4.69) is 5.10 Å². The lowest BCUT2D eigenvalue weighted by Crippen LogP contribution is -2.26. The molecule has 4 heteroatoms. The van der Waals surface area contributed by atoms with Crippen molar-refractivity contribution in [3.05, 3.63) is 78.6 Å². The molecule has 0 saturated heterocycles. The van der Waals surface area contributed by atoms with Gasteiger partial charge in [-0.05, 0) is 36.2 Å². The standard InChI is InChI=1S/C19H19N3O/c1-21(17-8-4-2-5-9-17)19(23)13-12-16-14-20-22(15-16)18-10-6-3-7-11-18/h2-11,14-15H,12-13H2,1H3. The highest BCUT2D eigenvalue weighted by Crippen LogP contribution is 2.14. The van der Waals surface area contributed by atoms with Crippen LogP contribution in [0.3, 0.4) is 0 Å². The molecule has 0 saturated carbocycles. The van der Waals surface area contributed by atoms with Crippen molar-refractivity contribution in [1.29, 1.82) is 0 Å². The zero-order valence-corrected chi connectivity index (χ0v) is 13.1. The van der Waals surface area contributed by atoms with E-state index >= 15 is 0 Å². The molecule has 0 fully saturated rings. The molecule has 0 atom stereocenters. The summed E-state index contributed by atoms with van der Waals surface area (Å²) in [5, 5.41) is 4.36. The second-order valence-electron chi connectivity index (χ2n) is 5.42. The third-order valence-electron chi connectivity index (χ3n) is 3.80. The highest BCUT2D eigenvalue weighted by atomic mass is 16.2. The summed E-state index contributed by atoms with van der Waals surface area (Å²) < 4.78 is 1.83. The maximum atomic E-state index is 12.3. The number of hydrogen-bond acceptors (Lipinski definition) is 2. The minimum absolute atomic E-state index is 0.101. The Morgan fingerprint density at radius 2 is 1.70 bits per heavy atom. The summed E-state index contributed by atoms with van der Waals surface area (Å²) in [6, 6.07) is 19.6. The number of nitrogens with zero attached hydrogens (tertiary/aromatic N) is 3. The summed E-state index contributed by atoms with van der Waals surface area (Å²) in [5.41, 5.74) is 2.99. The van der Waals surface area contributed by atoms with E-state index in [0.717, 1.165) is 16.9 Å². The smallest absolute Gasteiger partial charge is 0.227 e. The number of hydrogen-bond donors (Lipinski definition) is 0. The predicted molar refractivity (Wildman–Crippen MR) is 91.7 cm³/mol. The van der Waals surface area contributed by atoms with Crippen LogP contribution in [0.5, 0.6) is 0 Å². The van der Waals surface area contributed by atoms with Gasteiger partial charge in [-0.25, -0.2) is 4.68 Å². The number of rotatable bonds is 5. The SMILES string of the molecule is CN(C(=O)CCc1cnn(-c2ccccc2)c1)c1ccccc1. The van der Waals surface area contributed by atoms with Crippen molar-refractivity contribution in [3.63, 3.8) is 0 Å². The van der Waals surface area contributed by atoms with Gasteiger partial charge in [-0.1, -0.05) is 36.4 Å². The molecule has 0 spiro atoms. The van der Waals surface area contributed by atoms with Crippen LogP contribution in [-0.4, -0.2) is 22.7 Å². The number of carbonyl (C=O) groups excluding carboxylic acids is 1. The summed E-state index contributed by atoms with van der Waals surface area (Å²) in [7, 11) is 1.81. The molecule has 3 aromatic rings. The lowest BCUT2D eigenvalue weighted by atomic mass is 10.2. The average Bonchev–Trinajstić information content (AvgIpc) is 3.09. The molecule has 116 valence electrons. The van der Waals surface area contributed by atoms with Gasteiger partial charge in [0.15, 0.2) is 0 Å². The molecular formula is C19H19N3O. The Morgan fingerprint density at radius 1 is 1.04 bits per heavy atom. The molecule has 4 nitrogen and oxygen atoms in total. The Morgan fingerprint density at radius 3 is 2.39 bits per heavy atom. The minimum atomic E-state index is 0.101. The fourth-order valence-electron chi connectivity index (χ4n) is 2.43. The summed E-state index contributed by atoms with van der Waals surface area (Å²) in [6.07, 6.45) is 4.95. The van der Waals surface area contributed by atoms with E-state index in [9.17, 15) is 4.79 Å². The third kappa shape index (κ3) is 3.66. The maximum absolute atomic E-state index is 12.3. The molecule has 1 amide bonds. The van der Waals surface area contributed by atoms with Gasteiger partial charge in [-0.2, -0.15) is 5.10 Å². The molecule has 0 aliphatic carbocycles. The van der Waals surface area contributed by atoms with Crippen molar-refractivity contribution in [3.8, 4) is 5.69 Å². The zero-order valence-electron chi connectivity index (χ0n) is 13.1. The van der Waals surface area contributed by atoms with Crippen molar-refractivity contribution < 1.29 is 4.79 Å².